The average Bonchev–Trinajstić information content (AvgIpc) is 3.13. The van der Waals surface area contributed by atoms with E-state index in [4.69, 9.17) is 9.47 Å². The largest absolute Gasteiger partial charge is 0.493 e. The van der Waals surface area contributed by atoms with Crippen LogP contribution in [0.5, 0.6) is 11.5 Å². The summed E-state index contributed by atoms with van der Waals surface area (Å²) in [6, 6.07) is 5.34. The minimum atomic E-state index is 0. The standard InChI is InChI=1S/C17H22N2O3.ClH/c1-3-6-22-15-5-4-12(7-16(15)21-2)17(20)19-10-13-8-18-9-14(13)11-19;/h3-5,7,13-14,18H,1,6,8-11H2,2H3;1H/t13-,14+;. The SMILES string of the molecule is C=CCOc1ccc(C(=O)N2C[C@H]3CNC[C@H]3C2)cc1OC.Cl. The first-order valence-electron chi connectivity index (χ1n) is 7.64. The number of fused-ring (bicyclic) bond motifs is 1. The van der Waals surface area contributed by atoms with Gasteiger partial charge in [-0.2, -0.15) is 0 Å². The maximum atomic E-state index is 12.7. The van der Waals surface area contributed by atoms with Crippen molar-refractivity contribution in [2.45, 2.75) is 0 Å². The summed E-state index contributed by atoms with van der Waals surface area (Å²) in [6.45, 7) is 7.76. The Labute approximate surface area is 143 Å². The van der Waals surface area contributed by atoms with E-state index in [1.807, 2.05) is 4.90 Å². The summed E-state index contributed by atoms with van der Waals surface area (Å²) >= 11 is 0. The second-order valence-corrected chi connectivity index (χ2v) is 5.85. The number of amides is 1. The van der Waals surface area contributed by atoms with Crippen LogP contribution < -0.4 is 14.8 Å². The fraction of sp³-hybridized carbons (Fsp3) is 0.471. The Morgan fingerprint density at radius 3 is 2.65 bits per heavy atom. The van der Waals surface area contributed by atoms with Crippen molar-refractivity contribution >= 4 is 18.3 Å². The minimum absolute atomic E-state index is 0. The van der Waals surface area contributed by atoms with Gasteiger partial charge in [0.25, 0.3) is 5.91 Å². The lowest BCUT2D eigenvalue weighted by Gasteiger charge is -2.18. The Balaban J connectivity index is 0.00000192. The molecule has 2 atom stereocenters. The van der Waals surface area contributed by atoms with E-state index >= 15 is 0 Å². The molecule has 6 heteroatoms. The number of hydrogen-bond acceptors (Lipinski definition) is 4. The molecule has 2 fully saturated rings. The molecular weight excluding hydrogens is 316 g/mol. The molecular formula is C17H23ClN2O3. The molecule has 0 aromatic heterocycles. The Kier molecular flexibility index (Phi) is 5.91. The minimum Gasteiger partial charge on any atom is -0.493 e. The molecule has 0 saturated carbocycles. The van der Waals surface area contributed by atoms with E-state index in [9.17, 15) is 4.79 Å². The highest BCUT2D eigenvalue weighted by molar-refractivity contribution is 5.95. The molecule has 0 aliphatic carbocycles. The van der Waals surface area contributed by atoms with Gasteiger partial charge in [-0.05, 0) is 30.0 Å². The van der Waals surface area contributed by atoms with E-state index in [1.165, 1.54) is 0 Å². The van der Waals surface area contributed by atoms with Crippen LogP contribution in [0.15, 0.2) is 30.9 Å². The summed E-state index contributed by atoms with van der Waals surface area (Å²) in [5, 5.41) is 3.39. The molecule has 0 radical (unpaired) electrons. The first kappa shape index (κ1) is 17.6. The topological polar surface area (TPSA) is 50.8 Å². The van der Waals surface area contributed by atoms with Crippen LogP contribution in [0.1, 0.15) is 10.4 Å². The van der Waals surface area contributed by atoms with Gasteiger partial charge in [0.05, 0.1) is 7.11 Å². The number of halogens is 1. The van der Waals surface area contributed by atoms with Crippen LogP contribution in [0, 0.1) is 11.8 Å². The van der Waals surface area contributed by atoms with Crippen LogP contribution in [0.25, 0.3) is 0 Å². The number of methoxy groups -OCH3 is 1. The van der Waals surface area contributed by atoms with Gasteiger partial charge in [-0.15, -0.1) is 12.4 Å². The van der Waals surface area contributed by atoms with E-state index in [0.717, 1.165) is 26.2 Å². The normalized spacial score (nSPS) is 22.2. The van der Waals surface area contributed by atoms with Gasteiger partial charge < -0.3 is 19.7 Å². The van der Waals surface area contributed by atoms with Crippen LogP contribution in [0.3, 0.4) is 0 Å². The second-order valence-electron chi connectivity index (χ2n) is 5.85. The van der Waals surface area contributed by atoms with E-state index < -0.39 is 0 Å². The number of nitrogens with one attached hydrogen (secondary N) is 1. The summed E-state index contributed by atoms with van der Waals surface area (Å²) < 4.78 is 10.9. The maximum absolute atomic E-state index is 12.7. The first-order valence-corrected chi connectivity index (χ1v) is 7.64. The average molecular weight is 339 g/mol. The molecule has 1 amide bonds. The zero-order valence-corrected chi connectivity index (χ0v) is 14.1. The highest BCUT2D eigenvalue weighted by atomic mass is 35.5. The summed E-state index contributed by atoms with van der Waals surface area (Å²) in [7, 11) is 1.58. The van der Waals surface area contributed by atoms with Crippen LogP contribution in [-0.2, 0) is 0 Å². The van der Waals surface area contributed by atoms with Crippen LogP contribution in [0.2, 0.25) is 0 Å². The van der Waals surface area contributed by atoms with E-state index in [0.29, 0.717) is 35.5 Å². The number of carbonyl (C=O) groups excluding carboxylic acids is 1. The second kappa shape index (κ2) is 7.70. The van der Waals surface area contributed by atoms with Gasteiger partial charge in [-0.3, -0.25) is 4.79 Å². The summed E-state index contributed by atoms with van der Waals surface area (Å²) in [4.78, 5) is 14.6. The number of hydrogen-bond donors (Lipinski definition) is 1. The van der Waals surface area contributed by atoms with E-state index in [1.54, 1.807) is 31.4 Å². The number of ether oxygens (including phenoxy) is 2. The number of benzene rings is 1. The molecule has 0 spiro atoms. The third-order valence-electron chi connectivity index (χ3n) is 4.44. The molecule has 0 unspecified atom stereocenters. The molecule has 2 saturated heterocycles. The molecule has 2 heterocycles. The molecule has 1 N–H and O–H groups in total. The number of nitrogens with zero attached hydrogens (tertiary/aromatic N) is 1. The molecule has 0 bridgehead atoms. The van der Waals surface area contributed by atoms with Gasteiger partial charge in [-0.1, -0.05) is 12.7 Å². The Morgan fingerprint density at radius 1 is 1.35 bits per heavy atom. The molecule has 126 valence electrons. The van der Waals surface area contributed by atoms with Gasteiger partial charge in [0.2, 0.25) is 0 Å². The lowest BCUT2D eigenvalue weighted by atomic mass is 10.0. The fourth-order valence-corrected chi connectivity index (χ4v) is 3.27. The van der Waals surface area contributed by atoms with Crippen LogP contribution in [0.4, 0.5) is 0 Å². The van der Waals surface area contributed by atoms with Crippen molar-refractivity contribution in [2.24, 2.45) is 11.8 Å². The molecule has 5 nitrogen and oxygen atoms in total. The summed E-state index contributed by atoms with van der Waals surface area (Å²) in [5.74, 6) is 2.47. The molecule has 2 aliphatic rings. The van der Waals surface area contributed by atoms with Crippen LogP contribution >= 0.6 is 12.4 Å². The van der Waals surface area contributed by atoms with Crippen molar-refractivity contribution in [1.82, 2.24) is 10.2 Å². The molecule has 2 aliphatic heterocycles. The predicted molar refractivity (Wildman–Crippen MR) is 91.7 cm³/mol. The van der Waals surface area contributed by atoms with Crippen molar-refractivity contribution in [1.29, 1.82) is 0 Å². The lowest BCUT2D eigenvalue weighted by molar-refractivity contribution is 0.0781. The summed E-state index contributed by atoms with van der Waals surface area (Å²) in [5.41, 5.74) is 0.649. The summed E-state index contributed by atoms with van der Waals surface area (Å²) in [6.07, 6.45) is 1.68. The molecule has 23 heavy (non-hydrogen) atoms. The molecule has 1 aromatic rings. The zero-order chi connectivity index (χ0) is 15.5. The monoisotopic (exact) mass is 338 g/mol. The van der Waals surface area contributed by atoms with Crippen molar-refractivity contribution in [2.75, 3.05) is 39.9 Å². The van der Waals surface area contributed by atoms with Gasteiger partial charge >= 0.3 is 0 Å². The zero-order valence-electron chi connectivity index (χ0n) is 13.3. The third-order valence-corrected chi connectivity index (χ3v) is 4.44. The maximum Gasteiger partial charge on any atom is 0.254 e. The highest BCUT2D eigenvalue weighted by Crippen LogP contribution is 2.31. The Bertz CT molecular complexity index is 567. The number of likely N-dealkylation sites (tertiary alicyclic amines) is 1. The smallest absolute Gasteiger partial charge is 0.254 e. The molecule has 3 rings (SSSR count). The lowest BCUT2D eigenvalue weighted by Crippen LogP contribution is -2.31. The fourth-order valence-electron chi connectivity index (χ4n) is 3.27. The van der Waals surface area contributed by atoms with Crippen molar-refractivity contribution in [3.8, 4) is 11.5 Å². The van der Waals surface area contributed by atoms with E-state index in [-0.39, 0.29) is 18.3 Å². The Hall–Kier alpha value is -1.72. The van der Waals surface area contributed by atoms with E-state index in [2.05, 4.69) is 11.9 Å². The molecule has 1 aromatic carbocycles. The Morgan fingerprint density at radius 2 is 2.04 bits per heavy atom. The van der Waals surface area contributed by atoms with Gasteiger partial charge in [0, 0.05) is 31.7 Å². The number of rotatable bonds is 5. The van der Waals surface area contributed by atoms with Crippen molar-refractivity contribution in [3.63, 3.8) is 0 Å². The van der Waals surface area contributed by atoms with Gasteiger partial charge in [0.1, 0.15) is 6.61 Å². The number of carbonyl (C=O) groups is 1. The third kappa shape index (κ3) is 3.62. The van der Waals surface area contributed by atoms with Crippen molar-refractivity contribution < 1.29 is 14.3 Å². The van der Waals surface area contributed by atoms with Crippen LogP contribution in [-0.4, -0.2) is 50.7 Å². The predicted octanol–water partition coefficient (Wildman–Crippen LogP) is 1.97. The van der Waals surface area contributed by atoms with Gasteiger partial charge in [0.15, 0.2) is 11.5 Å². The van der Waals surface area contributed by atoms with Gasteiger partial charge in [-0.25, -0.2) is 0 Å². The van der Waals surface area contributed by atoms with Crippen molar-refractivity contribution in [3.05, 3.63) is 36.4 Å². The first-order chi connectivity index (χ1) is 10.7. The quantitative estimate of drug-likeness (QED) is 0.834. The highest BCUT2D eigenvalue weighted by Gasteiger charge is 2.38.